The summed E-state index contributed by atoms with van der Waals surface area (Å²) in [6.45, 7) is 10.3. The molecule has 26 nitrogen and oxygen atoms in total. The fourth-order valence-corrected chi connectivity index (χ4v) is 15.8. The number of likely N-dealkylation sites (tertiary alicyclic amines) is 2. The Balaban J connectivity index is 0.000000121. The number of piperidine rings is 1. The molecule has 108 heavy (non-hydrogen) atoms. The number of nitrogens with one attached hydrogen (secondary N) is 1. The molecule has 1 atom stereocenters. The molecule has 17 rings (SSSR count). The first-order valence-electron chi connectivity index (χ1n) is 37.5. The van der Waals surface area contributed by atoms with Crippen LogP contribution in [0, 0.1) is 16.7 Å². The van der Waals surface area contributed by atoms with Crippen molar-refractivity contribution in [1.82, 2.24) is 89.4 Å². The van der Waals surface area contributed by atoms with Crippen molar-refractivity contribution in [2.24, 2.45) is 23.8 Å². The quantitative estimate of drug-likeness (QED) is 0.0683. The van der Waals surface area contributed by atoms with E-state index in [4.69, 9.17) is 27.9 Å². The number of carbonyl (C=O) groups excluding carboxylic acids is 4. The molecule has 556 valence electrons. The van der Waals surface area contributed by atoms with Crippen LogP contribution in [-0.4, -0.2) is 179 Å². The summed E-state index contributed by atoms with van der Waals surface area (Å²) in [4.78, 5) is 105. The molecule has 1 saturated carbocycles. The highest BCUT2D eigenvalue weighted by Crippen LogP contribution is 2.46. The summed E-state index contributed by atoms with van der Waals surface area (Å²) in [6, 6.07) is 30.5. The van der Waals surface area contributed by atoms with Crippen LogP contribution in [0.15, 0.2) is 171 Å². The predicted molar refractivity (Wildman–Crippen MR) is 413 cm³/mol. The van der Waals surface area contributed by atoms with E-state index in [1.54, 1.807) is 72.9 Å². The zero-order chi connectivity index (χ0) is 74.6. The smallest absolute Gasteiger partial charge is 0.229 e. The minimum Gasteiger partial charge on any atom is -0.397 e. The van der Waals surface area contributed by atoms with E-state index >= 15 is 0 Å². The van der Waals surface area contributed by atoms with Crippen LogP contribution >= 0.6 is 0 Å². The van der Waals surface area contributed by atoms with Crippen LogP contribution in [0.3, 0.4) is 0 Å². The van der Waals surface area contributed by atoms with Crippen molar-refractivity contribution < 1.29 is 19.2 Å². The number of nitrogens with zero attached hydrogens (tertiary/aromatic N) is 17. The second-order valence-electron chi connectivity index (χ2n) is 29.7. The fraction of sp³-hybridized carbons (Fsp3) is 0.378. The van der Waals surface area contributed by atoms with E-state index in [1.165, 1.54) is 50.6 Å². The van der Waals surface area contributed by atoms with Gasteiger partial charge in [-0.1, -0.05) is 0 Å². The number of pyridine rings is 8. The van der Waals surface area contributed by atoms with E-state index in [0.717, 1.165) is 147 Å². The Hall–Kier alpha value is -11.5. The molecule has 0 aromatic carbocycles. The number of anilines is 4. The first-order chi connectivity index (χ1) is 52.6. The summed E-state index contributed by atoms with van der Waals surface area (Å²) in [5, 5.41) is 7.65. The van der Waals surface area contributed by atoms with Gasteiger partial charge in [-0.15, -0.1) is 0 Å². The van der Waals surface area contributed by atoms with Gasteiger partial charge in [0.25, 0.3) is 0 Å². The maximum atomic E-state index is 13.2. The second-order valence-corrected chi connectivity index (χ2v) is 29.7. The number of nitrogens with two attached hydrogens (primary N) is 4. The molecule has 1 aliphatic carbocycles. The van der Waals surface area contributed by atoms with Crippen LogP contribution in [0.1, 0.15) is 97.5 Å². The zero-order valence-electron chi connectivity index (χ0n) is 61.3. The SMILES string of the molecule is Cn1cc(CC2CCC3(CC2)CCN(C(=O)Cc2nc(-c4cccnc4)ccc2N)C3)cn1.Nc1ccc(-c2cccnc2)nc1CC(=O)N1CCC2(CC1)CNC2.Nc1ccc(-c2cccnc2)nc1CC(=O)N1CCN2CCCC2C1.Nc1ccc(-c2cccnc2)nc1CC(=O)N1Cc2nccnc2C1. The van der Waals surface area contributed by atoms with Gasteiger partial charge >= 0.3 is 0 Å². The number of hydrogen-bond acceptors (Lipinski definition) is 21. The molecule has 16 heterocycles. The van der Waals surface area contributed by atoms with Gasteiger partial charge in [0.15, 0.2) is 0 Å². The summed E-state index contributed by atoms with van der Waals surface area (Å²) in [5.41, 5.74) is 39.6. The average molecular weight is 1450 g/mol. The lowest BCUT2D eigenvalue weighted by Crippen LogP contribution is -2.58. The molecular weight excluding hydrogens is 1360 g/mol. The van der Waals surface area contributed by atoms with Crippen molar-refractivity contribution in [2.45, 2.75) is 109 Å². The lowest BCUT2D eigenvalue weighted by Gasteiger charge is -2.48. The molecule has 2 spiro atoms. The van der Waals surface area contributed by atoms with Gasteiger partial charge in [0.2, 0.25) is 23.6 Å². The number of carbonyl (C=O) groups is 4. The third-order valence-corrected chi connectivity index (χ3v) is 22.4. The van der Waals surface area contributed by atoms with Crippen LogP contribution < -0.4 is 28.3 Å². The van der Waals surface area contributed by atoms with Gasteiger partial charge in [0.1, 0.15) is 0 Å². The molecule has 7 aliphatic rings. The average Bonchev–Trinajstić information content (AvgIpc) is 1.60. The van der Waals surface area contributed by atoms with Crippen molar-refractivity contribution in [3.8, 4) is 45.0 Å². The van der Waals surface area contributed by atoms with E-state index in [2.05, 4.69) is 66.4 Å². The van der Waals surface area contributed by atoms with Gasteiger partial charge in [0, 0.05) is 162 Å². The van der Waals surface area contributed by atoms with E-state index in [-0.39, 0.29) is 54.7 Å². The summed E-state index contributed by atoms with van der Waals surface area (Å²) in [5.74, 6) is 1.05. The van der Waals surface area contributed by atoms with Gasteiger partial charge in [0.05, 0.1) is 125 Å². The topological polar surface area (TPSA) is 347 Å². The minimum atomic E-state index is -0.0395. The molecule has 26 heteroatoms. The van der Waals surface area contributed by atoms with Crippen molar-refractivity contribution in [3.05, 3.63) is 211 Å². The number of rotatable bonds is 14. The molecule has 0 radical (unpaired) electrons. The Morgan fingerprint density at radius 3 is 1.30 bits per heavy atom. The summed E-state index contributed by atoms with van der Waals surface area (Å²) >= 11 is 0. The van der Waals surface area contributed by atoms with Gasteiger partial charge in [-0.25, -0.2) is 0 Å². The summed E-state index contributed by atoms with van der Waals surface area (Å²) in [7, 11) is 1.97. The van der Waals surface area contributed by atoms with Crippen LogP contribution in [0.5, 0.6) is 0 Å². The third kappa shape index (κ3) is 18.0. The summed E-state index contributed by atoms with van der Waals surface area (Å²) < 4.78 is 1.88. The molecule has 0 bridgehead atoms. The van der Waals surface area contributed by atoms with Crippen molar-refractivity contribution in [2.75, 3.05) is 88.4 Å². The molecule has 1 unspecified atom stereocenters. The van der Waals surface area contributed by atoms with E-state index in [0.29, 0.717) is 70.1 Å². The van der Waals surface area contributed by atoms with Crippen molar-refractivity contribution in [3.63, 3.8) is 0 Å². The zero-order valence-corrected chi connectivity index (χ0v) is 61.3. The number of piperazine rings is 1. The van der Waals surface area contributed by atoms with E-state index in [1.807, 2.05) is 124 Å². The monoisotopic (exact) mass is 1450 g/mol. The molecule has 10 aromatic rings. The number of nitrogen functional groups attached to an aromatic ring is 4. The maximum Gasteiger partial charge on any atom is 0.229 e. The molecule has 5 saturated heterocycles. The lowest BCUT2D eigenvalue weighted by molar-refractivity contribution is -0.134. The third-order valence-electron chi connectivity index (χ3n) is 22.4. The molecular formula is C82H94N22O4. The first kappa shape index (κ1) is 73.4. The molecule has 6 aliphatic heterocycles. The number of aryl methyl sites for hydroxylation is 1. The molecule has 6 fully saturated rings. The van der Waals surface area contributed by atoms with Crippen LogP contribution in [0.4, 0.5) is 22.7 Å². The highest BCUT2D eigenvalue weighted by molar-refractivity contribution is 5.83. The van der Waals surface area contributed by atoms with Gasteiger partial charge in [-0.2, -0.15) is 5.10 Å². The maximum absolute atomic E-state index is 13.2. The van der Waals surface area contributed by atoms with Gasteiger partial charge in [-0.3, -0.25) is 78.6 Å². The largest absolute Gasteiger partial charge is 0.397 e. The van der Waals surface area contributed by atoms with Crippen LogP contribution in [0.25, 0.3) is 45.0 Å². The minimum absolute atomic E-state index is 0.0395. The number of aromatic nitrogens is 12. The highest BCUT2D eigenvalue weighted by Gasteiger charge is 2.43. The molecule has 4 amide bonds. The lowest BCUT2D eigenvalue weighted by atomic mass is 9.69. The predicted octanol–water partition coefficient (Wildman–Crippen LogP) is 8.31. The Morgan fingerprint density at radius 2 is 0.880 bits per heavy atom. The van der Waals surface area contributed by atoms with Gasteiger partial charge in [-0.05, 0) is 190 Å². The van der Waals surface area contributed by atoms with Gasteiger partial charge < -0.3 is 47.9 Å². The fourth-order valence-electron chi connectivity index (χ4n) is 15.8. The Labute approximate surface area is 629 Å². The van der Waals surface area contributed by atoms with E-state index in [9.17, 15) is 19.2 Å². The van der Waals surface area contributed by atoms with Crippen molar-refractivity contribution in [1.29, 1.82) is 0 Å². The number of hydrogen-bond donors (Lipinski definition) is 5. The molecule has 10 aromatic heterocycles. The van der Waals surface area contributed by atoms with E-state index < -0.39 is 0 Å². The number of amides is 4. The van der Waals surface area contributed by atoms with Crippen LogP contribution in [0.2, 0.25) is 0 Å². The second kappa shape index (κ2) is 33.5. The standard InChI is InChI=1S/C26H32N6O.2C19H23N5O.C18H16N6O/c1-31-17-20(15-29-31)13-19-6-8-26(9-7-19)10-12-32(18-26)25(33)14-24-22(27)4-5-23(30-24)21-3-2-11-28-16-21;20-16-5-6-17(14-3-1-7-21-12-14)22-18(16)11-19(25)24-10-9-23-8-2-4-15(23)13-24;20-15-3-4-16(14-2-1-7-21-11-14)23-17(15)10-18(25)24-8-5-19(6-9-24)12-22-13-19;19-13-3-4-14(12-2-1-5-20-9-12)23-15(13)8-18(25)24-10-16-17(11-24)22-7-6-21-16/h2-5,11,15-17,19H,6-10,12-14,18,27H2,1H3;1,3,5-7,12,15H,2,4,8-11,13,20H2;1-4,7,11,22H,5-6,8-10,12-13,20H2;1-7,9H,8,10-11,19H2. The Morgan fingerprint density at radius 1 is 0.454 bits per heavy atom. The Kier molecular flexibility index (Phi) is 22.8. The van der Waals surface area contributed by atoms with Crippen LogP contribution in [-0.2, 0) is 71.4 Å². The highest BCUT2D eigenvalue weighted by atomic mass is 16.2. The normalized spacial score (nSPS) is 19.0. The first-order valence-corrected chi connectivity index (χ1v) is 37.5. The summed E-state index contributed by atoms with van der Waals surface area (Å²) in [6.07, 6.45) is 34.0. The molecule has 9 N–H and O–H groups in total. The number of fused-ring (bicyclic) bond motifs is 2. The van der Waals surface area contributed by atoms with Crippen molar-refractivity contribution >= 4 is 46.4 Å². The Bertz CT molecular complexity index is 4730.